The number of nitrogens with zero attached hydrogens (tertiary/aromatic N) is 1. The van der Waals surface area contributed by atoms with E-state index in [1.54, 1.807) is 0 Å². The predicted octanol–water partition coefficient (Wildman–Crippen LogP) is 4.83. The van der Waals surface area contributed by atoms with Gasteiger partial charge in [-0.2, -0.15) is 0 Å². The van der Waals surface area contributed by atoms with Crippen LogP contribution in [0, 0.1) is 0 Å². The average molecular weight is 485 g/mol. The molecule has 3 aromatic rings. The Balaban J connectivity index is 0.000000401. The highest BCUT2D eigenvalue weighted by Crippen LogP contribution is 2.23. The Bertz CT molecular complexity index is 1010. The molecule has 1 aliphatic rings. The van der Waals surface area contributed by atoms with E-state index < -0.39 is 11.9 Å². The van der Waals surface area contributed by atoms with Gasteiger partial charge in [0, 0.05) is 35.8 Å². The lowest BCUT2D eigenvalue weighted by Gasteiger charge is -2.33. The van der Waals surface area contributed by atoms with Crippen molar-refractivity contribution >= 4 is 44.3 Å². The maximum absolute atomic E-state index is 9.10. The second-order valence-corrected chi connectivity index (χ2v) is 8.37. The van der Waals surface area contributed by atoms with Crippen LogP contribution in [0.5, 0.6) is 0 Å². The van der Waals surface area contributed by atoms with Gasteiger partial charge >= 0.3 is 11.9 Å². The minimum atomic E-state index is -1.82. The number of nitrogens with one attached hydrogen (secondary N) is 1. The molecule has 3 N–H and O–H groups in total. The zero-order chi connectivity index (χ0) is 22.2. The molecule has 0 atom stereocenters. The van der Waals surface area contributed by atoms with Gasteiger partial charge in [-0.15, -0.1) is 0 Å². The van der Waals surface area contributed by atoms with E-state index in [0.29, 0.717) is 6.04 Å². The Morgan fingerprint density at radius 1 is 0.903 bits per heavy atom. The highest BCUT2D eigenvalue weighted by molar-refractivity contribution is 9.10. The van der Waals surface area contributed by atoms with Gasteiger partial charge in [0.25, 0.3) is 0 Å². The number of piperidine rings is 1. The third-order valence-corrected chi connectivity index (χ3v) is 5.79. The predicted molar refractivity (Wildman–Crippen MR) is 125 cm³/mol. The first-order valence-electron chi connectivity index (χ1n) is 10.1. The van der Waals surface area contributed by atoms with E-state index in [4.69, 9.17) is 19.8 Å². The Hall–Kier alpha value is -2.90. The number of likely N-dealkylation sites (tertiary alicyclic amines) is 1. The molecule has 1 fully saturated rings. The molecule has 0 saturated carbocycles. The molecule has 1 aliphatic heterocycles. The van der Waals surface area contributed by atoms with Crippen LogP contribution in [-0.4, -0.2) is 46.2 Å². The monoisotopic (exact) mass is 484 g/mol. The molecule has 0 radical (unpaired) electrons. The van der Waals surface area contributed by atoms with Gasteiger partial charge in [0.15, 0.2) is 0 Å². The summed E-state index contributed by atoms with van der Waals surface area (Å²) in [6.07, 6.45) is 2.39. The fourth-order valence-electron chi connectivity index (χ4n) is 3.69. The summed E-state index contributed by atoms with van der Waals surface area (Å²) in [5, 5.41) is 21.2. The number of anilines is 1. The fourth-order valence-corrected chi connectivity index (χ4v) is 3.95. The summed E-state index contributed by atoms with van der Waals surface area (Å²) >= 11 is 3.49. The number of rotatable bonds is 4. The lowest BCUT2D eigenvalue weighted by molar-refractivity contribution is -0.159. The van der Waals surface area contributed by atoms with Crippen molar-refractivity contribution in [3.8, 4) is 0 Å². The van der Waals surface area contributed by atoms with E-state index in [-0.39, 0.29) is 0 Å². The summed E-state index contributed by atoms with van der Waals surface area (Å²) in [5.41, 5.74) is 2.66. The van der Waals surface area contributed by atoms with Crippen molar-refractivity contribution < 1.29 is 19.8 Å². The summed E-state index contributed by atoms with van der Waals surface area (Å²) in [4.78, 5) is 20.8. The van der Waals surface area contributed by atoms with Gasteiger partial charge in [0.1, 0.15) is 0 Å². The quantitative estimate of drug-likeness (QED) is 0.459. The van der Waals surface area contributed by atoms with Gasteiger partial charge in [-0.3, -0.25) is 4.90 Å². The normalized spacial score (nSPS) is 14.5. The van der Waals surface area contributed by atoms with E-state index in [9.17, 15) is 0 Å². The topological polar surface area (TPSA) is 89.9 Å². The molecule has 6 nitrogen and oxygen atoms in total. The summed E-state index contributed by atoms with van der Waals surface area (Å²) in [6, 6.07) is 24.4. The maximum atomic E-state index is 9.10. The molecule has 162 valence electrons. The van der Waals surface area contributed by atoms with Gasteiger partial charge in [0.2, 0.25) is 0 Å². The second-order valence-electron chi connectivity index (χ2n) is 7.45. The van der Waals surface area contributed by atoms with Crippen molar-refractivity contribution in [2.45, 2.75) is 25.4 Å². The van der Waals surface area contributed by atoms with Crippen LogP contribution in [0.1, 0.15) is 18.4 Å². The first kappa shape index (κ1) is 22.8. The van der Waals surface area contributed by atoms with Crippen molar-refractivity contribution in [3.63, 3.8) is 0 Å². The van der Waals surface area contributed by atoms with Crippen LogP contribution >= 0.6 is 15.9 Å². The number of carboxylic acid groups (broad SMARTS) is 2. The summed E-state index contributed by atoms with van der Waals surface area (Å²) in [5.74, 6) is -3.65. The van der Waals surface area contributed by atoms with Crippen LogP contribution < -0.4 is 5.32 Å². The molecule has 0 spiro atoms. The van der Waals surface area contributed by atoms with Crippen LogP contribution in [-0.2, 0) is 16.1 Å². The third-order valence-electron chi connectivity index (χ3n) is 5.26. The van der Waals surface area contributed by atoms with Gasteiger partial charge < -0.3 is 15.5 Å². The first-order chi connectivity index (χ1) is 14.9. The smallest absolute Gasteiger partial charge is 0.414 e. The lowest BCUT2D eigenvalue weighted by atomic mass is 10.0. The first-order valence-corrected chi connectivity index (χ1v) is 10.9. The van der Waals surface area contributed by atoms with Gasteiger partial charge in [-0.05, 0) is 53.4 Å². The number of fused-ring (bicyclic) bond motifs is 1. The van der Waals surface area contributed by atoms with Crippen molar-refractivity contribution in [3.05, 3.63) is 76.8 Å². The largest absolute Gasteiger partial charge is 0.473 e. The minimum Gasteiger partial charge on any atom is -0.473 e. The summed E-state index contributed by atoms with van der Waals surface area (Å²) < 4.78 is 1.13. The van der Waals surface area contributed by atoms with Crippen molar-refractivity contribution in [1.29, 1.82) is 0 Å². The molecular weight excluding hydrogens is 460 g/mol. The van der Waals surface area contributed by atoms with E-state index in [2.05, 4.69) is 92.9 Å². The van der Waals surface area contributed by atoms with E-state index in [0.717, 1.165) is 24.1 Å². The number of aliphatic carboxylic acids is 2. The second kappa shape index (κ2) is 10.9. The van der Waals surface area contributed by atoms with Crippen LogP contribution in [0.25, 0.3) is 10.8 Å². The Labute approximate surface area is 189 Å². The van der Waals surface area contributed by atoms with Crippen LogP contribution in [0.2, 0.25) is 0 Å². The molecule has 0 amide bonds. The van der Waals surface area contributed by atoms with Crippen LogP contribution in [0.4, 0.5) is 5.69 Å². The Morgan fingerprint density at radius 3 is 2.16 bits per heavy atom. The maximum Gasteiger partial charge on any atom is 0.414 e. The molecular formula is C24H25BrN2O4. The molecule has 0 unspecified atom stereocenters. The molecule has 0 aromatic heterocycles. The molecule has 7 heteroatoms. The minimum absolute atomic E-state index is 0.574. The number of benzene rings is 3. The van der Waals surface area contributed by atoms with Crippen LogP contribution in [0.15, 0.2) is 71.2 Å². The highest BCUT2D eigenvalue weighted by atomic mass is 79.9. The van der Waals surface area contributed by atoms with Crippen molar-refractivity contribution in [2.75, 3.05) is 18.4 Å². The van der Waals surface area contributed by atoms with Gasteiger partial charge in [-0.1, -0.05) is 58.4 Å². The van der Waals surface area contributed by atoms with Crippen molar-refractivity contribution in [1.82, 2.24) is 4.90 Å². The lowest BCUT2D eigenvalue weighted by Crippen LogP contribution is -2.38. The Morgan fingerprint density at radius 2 is 1.52 bits per heavy atom. The van der Waals surface area contributed by atoms with E-state index in [1.807, 2.05) is 0 Å². The number of carboxylic acids is 2. The van der Waals surface area contributed by atoms with Crippen molar-refractivity contribution in [2.24, 2.45) is 0 Å². The number of halogens is 1. The number of hydrogen-bond acceptors (Lipinski definition) is 4. The average Bonchev–Trinajstić information content (AvgIpc) is 2.77. The molecule has 1 heterocycles. The van der Waals surface area contributed by atoms with E-state index in [1.165, 1.54) is 34.9 Å². The highest BCUT2D eigenvalue weighted by Gasteiger charge is 2.19. The number of hydrogen-bond donors (Lipinski definition) is 3. The standard InChI is InChI=1S/C22H23BrN2.C2H2O4/c23-19-8-10-20(11-9-19)24-21-12-14-25(15-13-21)16-18-6-3-5-17-4-1-2-7-22(17)18;3-1(4)2(5)6/h1-11,21,24H,12-16H2;(H,3,4)(H,5,6). The van der Waals surface area contributed by atoms with Gasteiger partial charge in [0.05, 0.1) is 0 Å². The van der Waals surface area contributed by atoms with Gasteiger partial charge in [-0.25, -0.2) is 9.59 Å². The fraction of sp³-hybridized carbons (Fsp3) is 0.250. The SMILES string of the molecule is Brc1ccc(NC2CCN(Cc3cccc4ccccc34)CC2)cc1.O=C(O)C(=O)O. The molecule has 0 bridgehead atoms. The van der Waals surface area contributed by atoms with E-state index >= 15 is 0 Å². The zero-order valence-corrected chi connectivity index (χ0v) is 18.6. The molecule has 3 aromatic carbocycles. The molecule has 1 saturated heterocycles. The van der Waals surface area contributed by atoms with Crippen LogP contribution in [0.3, 0.4) is 0 Å². The molecule has 0 aliphatic carbocycles. The molecule has 31 heavy (non-hydrogen) atoms. The number of carbonyl (C=O) groups is 2. The Kier molecular flexibility index (Phi) is 8.03. The summed E-state index contributed by atoms with van der Waals surface area (Å²) in [6.45, 7) is 3.35. The zero-order valence-electron chi connectivity index (χ0n) is 17.0. The molecule has 4 rings (SSSR count). The third kappa shape index (κ3) is 6.80. The summed E-state index contributed by atoms with van der Waals surface area (Å²) in [7, 11) is 0.